The lowest BCUT2D eigenvalue weighted by Crippen LogP contribution is -2.39. The van der Waals surface area contributed by atoms with Crippen molar-refractivity contribution in [3.05, 3.63) is 130 Å². The molecule has 62 heavy (non-hydrogen) atoms. The van der Waals surface area contributed by atoms with Crippen molar-refractivity contribution in [3.63, 3.8) is 0 Å². The number of fused-ring (bicyclic) bond motifs is 2. The zero-order valence-electron chi connectivity index (χ0n) is 35.3. The van der Waals surface area contributed by atoms with Gasteiger partial charge >= 0.3 is 6.09 Å². The maximum atomic E-state index is 13.2. The number of amides is 2. The number of H-pyrrole nitrogens is 1. The van der Waals surface area contributed by atoms with Gasteiger partial charge in [0.1, 0.15) is 11.9 Å². The third-order valence-corrected chi connectivity index (χ3v) is 12.7. The summed E-state index contributed by atoms with van der Waals surface area (Å²) < 4.78 is 11.8. The van der Waals surface area contributed by atoms with Crippen LogP contribution in [0.15, 0.2) is 108 Å². The molecule has 1 aromatic heterocycles. The molecule has 2 heterocycles. The Morgan fingerprint density at radius 2 is 1.58 bits per heavy atom. The smallest absolute Gasteiger partial charge is 0.411 e. The number of hydrogen-bond acceptors (Lipinski definition) is 9. The van der Waals surface area contributed by atoms with Gasteiger partial charge in [0.25, 0.3) is 0 Å². The van der Waals surface area contributed by atoms with Crippen LogP contribution in [0.3, 0.4) is 0 Å². The number of para-hydroxylation sites is 1. The van der Waals surface area contributed by atoms with Crippen LogP contribution in [0.4, 0.5) is 10.5 Å². The number of aliphatic hydroxyl groups excluding tert-OH is 1. The van der Waals surface area contributed by atoms with E-state index in [0.717, 1.165) is 81.5 Å². The minimum Gasteiger partial charge on any atom is -0.506 e. The predicted molar refractivity (Wildman–Crippen MR) is 241 cm³/mol. The second-order valence-electron chi connectivity index (χ2n) is 17.3. The van der Waals surface area contributed by atoms with Gasteiger partial charge < -0.3 is 39.8 Å². The molecule has 2 saturated carbocycles. The lowest BCUT2D eigenvalue weighted by Gasteiger charge is -2.23. The number of anilines is 1. The molecule has 12 heteroatoms. The van der Waals surface area contributed by atoms with E-state index in [1.807, 2.05) is 59.5 Å². The van der Waals surface area contributed by atoms with Gasteiger partial charge in [-0.05, 0) is 96.7 Å². The summed E-state index contributed by atoms with van der Waals surface area (Å²) in [4.78, 5) is 45.0. The molecule has 5 N–H and O–H groups in total. The van der Waals surface area contributed by atoms with Gasteiger partial charge in [-0.15, -0.1) is 0 Å². The molecule has 4 aromatic carbocycles. The number of ether oxygens (including phenoxy) is 2. The molecule has 0 bridgehead atoms. The van der Waals surface area contributed by atoms with Gasteiger partial charge in [-0.3, -0.25) is 14.9 Å². The Bertz CT molecular complexity index is 2320. The molecule has 0 spiro atoms. The van der Waals surface area contributed by atoms with Crippen molar-refractivity contribution in [1.82, 2.24) is 20.1 Å². The Morgan fingerprint density at radius 3 is 2.34 bits per heavy atom. The van der Waals surface area contributed by atoms with Gasteiger partial charge in [0.15, 0.2) is 0 Å². The number of hydrogen-bond donors (Lipinski definition) is 5. The first-order valence-electron chi connectivity index (χ1n) is 22.3. The highest BCUT2D eigenvalue weighted by atomic mass is 16.6. The molecule has 5 aromatic rings. The van der Waals surface area contributed by atoms with E-state index in [1.165, 1.54) is 23.3 Å². The first-order chi connectivity index (χ1) is 30.3. The summed E-state index contributed by atoms with van der Waals surface area (Å²) in [5.41, 5.74) is 5.90. The molecule has 12 nitrogen and oxygen atoms in total. The summed E-state index contributed by atoms with van der Waals surface area (Å²) in [5.74, 6) is 1.70. The number of benzene rings is 4. The fraction of sp³-hybridized carbons (Fsp3) is 0.420. The van der Waals surface area contributed by atoms with Crippen molar-refractivity contribution in [3.8, 4) is 16.9 Å². The van der Waals surface area contributed by atoms with Crippen LogP contribution in [0.25, 0.3) is 22.0 Å². The minimum atomic E-state index is -0.855. The van der Waals surface area contributed by atoms with Crippen LogP contribution in [0.1, 0.15) is 54.9 Å². The highest BCUT2D eigenvalue weighted by Crippen LogP contribution is 2.40. The average molecular weight is 842 g/mol. The van der Waals surface area contributed by atoms with E-state index in [9.17, 15) is 24.6 Å². The molecule has 3 aliphatic rings. The van der Waals surface area contributed by atoms with Crippen LogP contribution < -0.4 is 16.2 Å². The number of aromatic amines is 1. The Hall–Kier alpha value is -5.53. The SMILES string of the molecule is O=C(Nc1ccccc1-c1ccccc1)O[C@H]1C[C@@H]2CN(CCc3ccc(CCOCCC(=O)N(CCNC[C@H](O)c4ccc(O)c5[nH]c(=O)ccc45)CC4CC4)cc3)C[C@@H]2C1. The zero-order chi connectivity index (χ0) is 42.8. The maximum absolute atomic E-state index is 13.2. The van der Waals surface area contributed by atoms with Crippen molar-refractivity contribution >= 4 is 28.6 Å². The maximum Gasteiger partial charge on any atom is 0.411 e. The number of pyridine rings is 1. The number of aromatic nitrogens is 1. The molecule has 2 amide bonds. The molecule has 8 rings (SSSR count). The van der Waals surface area contributed by atoms with E-state index < -0.39 is 6.10 Å². The highest BCUT2D eigenvalue weighted by Gasteiger charge is 2.42. The van der Waals surface area contributed by atoms with E-state index in [1.54, 1.807) is 12.1 Å². The van der Waals surface area contributed by atoms with Gasteiger partial charge in [0.2, 0.25) is 11.5 Å². The number of rotatable bonds is 20. The molecule has 3 fully saturated rings. The van der Waals surface area contributed by atoms with Crippen LogP contribution in [0.5, 0.6) is 5.75 Å². The van der Waals surface area contributed by atoms with Gasteiger partial charge in [-0.25, -0.2) is 4.79 Å². The van der Waals surface area contributed by atoms with E-state index in [4.69, 9.17) is 9.47 Å². The number of nitrogens with one attached hydrogen (secondary N) is 3. The number of carbonyl (C=O) groups excluding carboxylic acids is 2. The molecule has 0 radical (unpaired) electrons. The third kappa shape index (κ3) is 11.5. The van der Waals surface area contributed by atoms with Crippen LogP contribution in [-0.2, 0) is 27.1 Å². The molecule has 1 saturated heterocycles. The van der Waals surface area contributed by atoms with Crippen molar-refractivity contribution in [2.45, 2.75) is 57.2 Å². The van der Waals surface area contributed by atoms with Crippen molar-refractivity contribution < 1.29 is 29.3 Å². The summed E-state index contributed by atoms with van der Waals surface area (Å²) in [5, 5.41) is 27.9. The van der Waals surface area contributed by atoms with Crippen LogP contribution >= 0.6 is 0 Å². The molecule has 1 aliphatic heterocycles. The van der Waals surface area contributed by atoms with Gasteiger partial charge in [0.05, 0.1) is 36.9 Å². The topological polar surface area (TPSA) is 156 Å². The van der Waals surface area contributed by atoms with E-state index in [-0.39, 0.29) is 36.0 Å². The average Bonchev–Trinajstić information content (AvgIpc) is 3.92. The fourth-order valence-corrected chi connectivity index (χ4v) is 9.18. The summed E-state index contributed by atoms with van der Waals surface area (Å²) in [6.07, 6.45) is 4.94. The van der Waals surface area contributed by atoms with Gasteiger partial charge in [-0.1, -0.05) is 78.9 Å². The number of phenols is 1. The van der Waals surface area contributed by atoms with E-state index in [2.05, 4.69) is 44.8 Å². The second-order valence-corrected chi connectivity index (χ2v) is 17.3. The predicted octanol–water partition coefficient (Wildman–Crippen LogP) is 6.91. The lowest BCUT2D eigenvalue weighted by atomic mass is 10.0. The highest BCUT2D eigenvalue weighted by molar-refractivity contribution is 5.91. The second kappa shape index (κ2) is 20.6. The Kier molecular flexibility index (Phi) is 14.3. The number of phenolic OH excluding ortho intramolecular Hbond substituents is 1. The molecule has 0 unspecified atom stereocenters. The van der Waals surface area contributed by atoms with Crippen LogP contribution in [0, 0.1) is 17.8 Å². The minimum absolute atomic E-state index is 0.0454. The van der Waals surface area contributed by atoms with Crippen LogP contribution in [0.2, 0.25) is 0 Å². The third-order valence-electron chi connectivity index (χ3n) is 12.7. The van der Waals surface area contributed by atoms with Crippen molar-refractivity contribution in [2.24, 2.45) is 17.8 Å². The van der Waals surface area contributed by atoms with Crippen LogP contribution in [-0.4, -0.2) is 102 Å². The summed E-state index contributed by atoms with van der Waals surface area (Å²) in [6.45, 7) is 6.12. The van der Waals surface area contributed by atoms with Gasteiger partial charge in [0, 0.05) is 62.8 Å². The Balaban J connectivity index is 0.692. The number of likely N-dealkylation sites (tertiary alicyclic amines) is 1. The van der Waals surface area contributed by atoms with E-state index >= 15 is 0 Å². The monoisotopic (exact) mass is 841 g/mol. The molecular weight excluding hydrogens is 783 g/mol. The lowest BCUT2D eigenvalue weighted by molar-refractivity contribution is -0.132. The molecular formula is C50H59N5O7. The normalized spacial score (nSPS) is 19.0. The molecule has 2 aliphatic carbocycles. The van der Waals surface area contributed by atoms with Crippen molar-refractivity contribution in [1.29, 1.82) is 0 Å². The van der Waals surface area contributed by atoms with Crippen molar-refractivity contribution in [2.75, 3.05) is 64.3 Å². The zero-order valence-corrected chi connectivity index (χ0v) is 35.3. The first-order valence-corrected chi connectivity index (χ1v) is 22.3. The fourth-order valence-electron chi connectivity index (χ4n) is 9.18. The Morgan fingerprint density at radius 1 is 0.855 bits per heavy atom. The standard InChI is InChI=1S/C50H59N5O7/c56-45-18-16-42(43-17-19-47(58)53-49(43)45)46(57)30-51-23-25-55(31-36-14-15-36)48(59)22-27-61-26-21-35-12-10-34(11-13-35)20-24-54-32-38-28-40(29-39(38)33-54)62-50(60)52-44-9-5-4-8-41(44)37-6-2-1-3-7-37/h1-13,16-19,36,38-40,46,51,56-57H,14-15,20-33H2,(H,52,60)(H,53,58)/t38-,39+,40+,46-/m0/s1. The van der Waals surface area contributed by atoms with E-state index in [0.29, 0.717) is 66.9 Å². The number of nitrogens with zero attached hydrogens (tertiary/aromatic N) is 2. The summed E-state index contributed by atoms with van der Waals surface area (Å²) in [6, 6.07) is 32.8. The largest absolute Gasteiger partial charge is 0.506 e. The van der Waals surface area contributed by atoms with Gasteiger partial charge in [-0.2, -0.15) is 0 Å². The first kappa shape index (κ1) is 43.1. The Labute approximate surface area is 363 Å². The molecule has 326 valence electrons. The number of carbonyl (C=O) groups is 2. The summed E-state index contributed by atoms with van der Waals surface area (Å²) >= 11 is 0. The number of aliphatic hydroxyl groups is 1. The number of aromatic hydroxyl groups is 1. The summed E-state index contributed by atoms with van der Waals surface area (Å²) in [7, 11) is 0. The quantitative estimate of drug-likeness (QED) is 0.0526. The molecule has 4 atom stereocenters.